The van der Waals surface area contributed by atoms with Crippen molar-refractivity contribution in [2.24, 2.45) is 11.3 Å². The van der Waals surface area contributed by atoms with Gasteiger partial charge in [-0.2, -0.15) is 0 Å². The maximum Gasteiger partial charge on any atom is 0.00959 e. The number of hydrogen-bond acceptors (Lipinski definition) is 0. The first kappa shape index (κ1) is 15.0. The second-order valence-corrected chi connectivity index (χ2v) is 5.92. The monoisotopic (exact) mass is 326 g/mol. The van der Waals surface area contributed by atoms with E-state index >= 15 is 0 Å². The van der Waals surface area contributed by atoms with Gasteiger partial charge in [-0.25, -0.2) is 0 Å². The van der Waals surface area contributed by atoms with Gasteiger partial charge in [0, 0.05) is 10.7 Å². The Labute approximate surface area is 106 Å². The molecule has 0 aliphatic rings. The van der Waals surface area contributed by atoms with Crippen molar-refractivity contribution >= 4 is 31.9 Å². The van der Waals surface area contributed by atoms with Crippen molar-refractivity contribution < 1.29 is 0 Å². The molecule has 0 aromatic rings. The fraction of sp³-hybridized carbons (Fsp3) is 1.00. The lowest BCUT2D eigenvalue weighted by atomic mass is 9.82. The van der Waals surface area contributed by atoms with Gasteiger partial charge in [-0.3, -0.25) is 0 Å². The molecule has 0 fully saturated rings. The van der Waals surface area contributed by atoms with Crippen LogP contribution in [0.4, 0.5) is 0 Å². The Morgan fingerprint density at radius 2 is 1.64 bits per heavy atom. The molecule has 14 heavy (non-hydrogen) atoms. The second kappa shape index (κ2) is 8.15. The number of rotatable bonds is 8. The minimum atomic E-state index is 0.504. The Balaban J connectivity index is 3.94. The standard InChI is InChI=1S/C12H24Br2/c1-4-7-12(9-13,10-14)8-5-6-11(2)3/h11H,4-10H2,1-3H3. The number of alkyl halides is 2. The highest BCUT2D eigenvalue weighted by Gasteiger charge is 2.26. The molecule has 0 bridgehead atoms. The van der Waals surface area contributed by atoms with Gasteiger partial charge >= 0.3 is 0 Å². The SMILES string of the molecule is CCCC(CBr)(CBr)CCCC(C)C. The van der Waals surface area contributed by atoms with Crippen LogP contribution in [0.3, 0.4) is 0 Å². The molecule has 0 saturated carbocycles. The van der Waals surface area contributed by atoms with Crippen molar-refractivity contribution in [3.8, 4) is 0 Å². The predicted molar refractivity (Wildman–Crippen MR) is 73.6 cm³/mol. The molecule has 0 nitrogen and oxygen atoms in total. The molecule has 0 aromatic heterocycles. The molecular formula is C12H24Br2. The lowest BCUT2D eigenvalue weighted by molar-refractivity contribution is 0.305. The van der Waals surface area contributed by atoms with Crippen molar-refractivity contribution in [3.05, 3.63) is 0 Å². The Morgan fingerprint density at radius 1 is 1.07 bits per heavy atom. The second-order valence-electron chi connectivity index (χ2n) is 4.80. The fourth-order valence-electron chi connectivity index (χ4n) is 1.84. The molecule has 0 amide bonds. The van der Waals surface area contributed by atoms with E-state index in [9.17, 15) is 0 Å². The molecule has 0 N–H and O–H groups in total. The minimum absolute atomic E-state index is 0.504. The average molecular weight is 328 g/mol. The summed E-state index contributed by atoms with van der Waals surface area (Å²) in [5, 5.41) is 2.27. The predicted octanol–water partition coefficient (Wildman–Crippen LogP) is 5.39. The third-order valence-corrected chi connectivity index (χ3v) is 5.21. The van der Waals surface area contributed by atoms with Crippen LogP contribution in [0.2, 0.25) is 0 Å². The summed E-state index contributed by atoms with van der Waals surface area (Å²) in [5.41, 5.74) is 0.504. The molecule has 0 heterocycles. The third kappa shape index (κ3) is 5.75. The van der Waals surface area contributed by atoms with Gasteiger partial charge in [0.1, 0.15) is 0 Å². The highest BCUT2D eigenvalue weighted by Crippen LogP contribution is 2.34. The Morgan fingerprint density at radius 3 is 2.00 bits per heavy atom. The number of hydrogen-bond donors (Lipinski definition) is 0. The van der Waals surface area contributed by atoms with Crippen molar-refractivity contribution in [2.75, 3.05) is 10.7 Å². The molecule has 2 heteroatoms. The molecule has 86 valence electrons. The van der Waals surface area contributed by atoms with E-state index in [0.717, 1.165) is 16.6 Å². The molecule has 0 unspecified atom stereocenters. The number of halogens is 2. The van der Waals surface area contributed by atoms with Crippen LogP contribution in [0.5, 0.6) is 0 Å². The van der Waals surface area contributed by atoms with E-state index in [1.807, 2.05) is 0 Å². The van der Waals surface area contributed by atoms with Gasteiger partial charge in [0.05, 0.1) is 0 Å². The quantitative estimate of drug-likeness (QED) is 0.524. The van der Waals surface area contributed by atoms with Gasteiger partial charge in [0.25, 0.3) is 0 Å². The van der Waals surface area contributed by atoms with E-state index < -0.39 is 0 Å². The zero-order valence-corrected chi connectivity index (χ0v) is 13.0. The zero-order valence-electron chi connectivity index (χ0n) is 9.78. The van der Waals surface area contributed by atoms with E-state index in [-0.39, 0.29) is 0 Å². The first-order valence-corrected chi connectivity index (χ1v) is 7.96. The lowest BCUT2D eigenvalue weighted by Gasteiger charge is -2.30. The molecular weight excluding hydrogens is 304 g/mol. The van der Waals surface area contributed by atoms with Gasteiger partial charge in [-0.15, -0.1) is 0 Å². The molecule has 0 aliphatic heterocycles. The van der Waals surface area contributed by atoms with Crippen LogP contribution >= 0.6 is 31.9 Å². The van der Waals surface area contributed by atoms with Gasteiger partial charge in [0.2, 0.25) is 0 Å². The Hall–Kier alpha value is 0.960. The first-order valence-electron chi connectivity index (χ1n) is 5.72. The largest absolute Gasteiger partial charge is 0.0922 e. The van der Waals surface area contributed by atoms with Gasteiger partial charge in [-0.05, 0) is 24.2 Å². The summed E-state index contributed by atoms with van der Waals surface area (Å²) in [6, 6.07) is 0. The molecule has 0 radical (unpaired) electrons. The summed E-state index contributed by atoms with van der Waals surface area (Å²) in [6.45, 7) is 6.90. The van der Waals surface area contributed by atoms with Crippen LogP contribution in [0.1, 0.15) is 52.9 Å². The third-order valence-electron chi connectivity index (χ3n) is 2.84. The fourth-order valence-corrected chi connectivity index (χ4v) is 3.89. The lowest BCUT2D eigenvalue weighted by Crippen LogP contribution is -2.24. The molecule has 0 aromatic carbocycles. The van der Waals surface area contributed by atoms with Gasteiger partial charge in [-0.1, -0.05) is 71.9 Å². The van der Waals surface area contributed by atoms with E-state index in [2.05, 4.69) is 52.6 Å². The first-order chi connectivity index (χ1) is 6.60. The van der Waals surface area contributed by atoms with E-state index in [1.54, 1.807) is 0 Å². The topological polar surface area (TPSA) is 0 Å². The van der Waals surface area contributed by atoms with Crippen molar-refractivity contribution in [3.63, 3.8) is 0 Å². The maximum atomic E-state index is 3.67. The van der Waals surface area contributed by atoms with Gasteiger partial charge in [0.15, 0.2) is 0 Å². The molecule has 0 saturated heterocycles. The van der Waals surface area contributed by atoms with E-state index in [4.69, 9.17) is 0 Å². The highest BCUT2D eigenvalue weighted by molar-refractivity contribution is 9.09. The summed E-state index contributed by atoms with van der Waals surface area (Å²) in [4.78, 5) is 0. The van der Waals surface area contributed by atoms with Crippen LogP contribution in [0.15, 0.2) is 0 Å². The zero-order chi connectivity index (χ0) is 11.0. The average Bonchev–Trinajstić information content (AvgIpc) is 2.16. The molecule has 0 rings (SSSR count). The summed E-state index contributed by atoms with van der Waals surface area (Å²) >= 11 is 7.34. The smallest absolute Gasteiger partial charge is 0.00959 e. The minimum Gasteiger partial charge on any atom is -0.0922 e. The maximum absolute atomic E-state index is 3.67. The van der Waals surface area contributed by atoms with Crippen LogP contribution < -0.4 is 0 Å². The van der Waals surface area contributed by atoms with Crippen molar-refractivity contribution in [1.82, 2.24) is 0 Å². The summed E-state index contributed by atoms with van der Waals surface area (Å²) in [6.07, 6.45) is 6.72. The van der Waals surface area contributed by atoms with Crippen LogP contribution in [-0.2, 0) is 0 Å². The van der Waals surface area contributed by atoms with Crippen LogP contribution in [0, 0.1) is 11.3 Å². The van der Waals surface area contributed by atoms with E-state index in [0.29, 0.717) is 5.41 Å². The molecule has 0 aliphatic carbocycles. The van der Waals surface area contributed by atoms with Crippen LogP contribution in [0.25, 0.3) is 0 Å². The van der Waals surface area contributed by atoms with E-state index in [1.165, 1.54) is 32.1 Å². The molecule has 0 atom stereocenters. The summed E-state index contributed by atoms with van der Waals surface area (Å²) in [5.74, 6) is 0.847. The van der Waals surface area contributed by atoms with Crippen molar-refractivity contribution in [1.29, 1.82) is 0 Å². The normalized spacial score (nSPS) is 12.4. The van der Waals surface area contributed by atoms with Gasteiger partial charge < -0.3 is 0 Å². The molecule has 0 spiro atoms. The summed E-state index contributed by atoms with van der Waals surface area (Å²) in [7, 11) is 0. The summed E-state index contributed by atoms with van der Waals surface area (Å²) < 4.78 is 0. The highest BCUT2D eigenvalue weighted by atomic mass is 79.9. The van der Waals surface area contributed by atoms with Crippen LogP contribution in [-0.4, -0.2) is 10.7 Å². The Bertz CT molecular complexity index is 128. The van der Waals surface area contributed by atoms with Crippen molar-refractivity contribution in [2.45, 2.75) is 52.9 Å². The Kier molecular flexibility index (Phi) is 8.71.